The maximum atomic E-state index is 12.8. The van der Waals surface area contributed by atoms with Gasteiger partial charge in [0.15, 0.2) is 5.69 Å². The summed E-state index contributed by atoms with van der Waals surface area (Å²) in [6.07, 6.45) is -4.52. The van der Waals surface area contributed by atoms with Gasteiger partial charge in [-0.2, -0.15) is 18.2 Å². The second-order valence-electron chi connectivity index (χ2n) is 4.71. The van der Waals surface area contributed by atoms with Gasteiger partial charge in [-0.05, 0) is 37.1 Å². The van der Waals surface area contributed by atoms with Crippen LogP contribution in [0.15, 0.2) is 24.3 Å². The molecular weight excluding hydrogens is 281 g/mol. The van der Waals surface area contributed by atoms with Gasteiger partial charge >= 0.3 is 6.18 Å². The summed E-state index contributed by atoms with van der Waals surface area (Å²) in [5.74, 6) is 0.00312. The Morgan fingerprint density at radius 1 is 0.952 bits per heavy atom. The number of rotatable bonds is 3. The minimum atomic E-state index is -4.52. The molecule has 1 aromatic carbocycles. The molecule has 0 aliphatic heterocycles. The lowest BCUT2D eigenvalue weighted by Gasteiger charge is -2.12. The predicted molar refractivity (Wildman–Crippen MR) is 75.8 cm³/mol. The van der Waals surface area contributed by atoms with Gasteiger partial charge in [0.05, 0.1) is 0 Å². The number of anilines is 3. The molecule has 0 amide bonds. The first-order chi connectivity index (χ1) is 9.77. The fraction of sp³-hybridized carbons (Fsp3) is 0.286. The minimum Gasteiger partial charge on any atom is -0.357 e. The normalized spacial score (nSPS) is 11.3. The van der Waals surface area contributed by atoms with Crippen molar-refractivity contribution in [3.8, 4) is 0 Å². The van der Waals surface area contributed by atoms with Crippen molar-refractivity contribution in [2.75, 3.05) is 17.7 Å². The fourth-order valence-corrected chi connectivity index (χ4v) is 1.96. The molecule has 0 spiro atoms. The summed E-state index contributed by atoms with van der Waals surface area (Å²) >= 11 is 0. The lowest BCUT2D eigenvalue weighted by molar-refractivity contribution is -0.141. The number of hydrogen-bond donors (Lipinski definition) is 2. The fourth-order valence-electron chi connectivity index (χ4n) is 1.96. The number of nitrogens with zero attached hydrogens (tertiary/aromatic N) is 2. The zero-order valence-corrected chi connectivity index (χ0v) is 11.8. The van der Waals surface area contributed by atoms with E-state index in [9.17, 15) is 13.2 Å². The zero-order chi connectivity index (χ0) is 15.6. The van der Waals surface area contributed by atoms with Crippen molar-refractivity contribution in [1.29, 1.82) is 0 Å². The number of aromatic nitrogens is 2. The van der Waals surface area contributed by atoms with Gasteiger partial charge in [-0.1, -0.05) is 6.07 Å². The van der Waals surface area contributed by atoms with Crippen LogP contribution in [0.2, 0.25) is 0 Å². The molecule has 0 fully saturated rings. The lowest BCUT2D eigenvalue weighted by Crippen LogP contribution is -2.12. The van der Waals surface area contributed by atoms with Crippen LogP contribution < -0.4 is 10.6 Å². The highest BCUT2D eigenvalue weighted by molar-refractivity contribution is 5.59. The van der Waals surface area contributed by atoms with Gasteiger partial charge in [0.2, 0.25) is 5.95 Å². The van der Waals surface area contributed by atoms with E-state index in [4.69, 9.17) is 0 Å². The predicted octanol–water partition coefficient (Wildman–Crippen LogP) is 3.90. The van der Waals surface area contributed by atoms with Crippen molar-refractivity contribution in [2.45, 2.75) is 20.0 Å². The van der Waals surface area contributed by atoms with Crippen LogP contribution in [0.5, 0.6) is 0 Å². The average Bonchev–Trinajstić information content (AvgIpc) is 2.36. The van der Waals surface area contributed by atoms with Crippen LogP contribution in [0.25, 0.3) is 0 Å². The average molecular weight is 296 g/mol. The van der Waals surface area contributed by atoms with Crippen LogP contribution in [0.3, 0.4) is 0 Å². The van der Waals surface area contributed by atoms with E-state index >= 15 is 0 Å². The van der Waals surface area contributed by atoms with Crippen LogP contribution in [-0.4, -0.2) is 17.0 Å². The minimum absolute atomic E-state index is 0.0864. The van der Waals surface area contributed by atoms with Gasteiger partial charge in [0.1, 0.15) is 5.82 Å². The zero-order valence-electron chi connectivity index (χ0n) is 11.8. The first-order valence-electron chi connectivity index (χ1n) is 6.27. The molecule has 0 saturated carbocycles. The maximum absolute atomic E-state index is 12.8. The topological polar surface area (TPSA) is 49.8 Å². The Kier molecular flexibility index (Phi) is 4.02. The van der Waals surface area contributed by atoms with Gasteiger partial charge in [0, 0.05) is 18.8 Å². The monoisotopic (exact) mass is 296 g/mol. The third-order valence-electron chi connectivity index (χ3n) is 2.73. The van der Waals surface area contributed by atoms with Crippen molar-refractivity contribution in [3.63, 3.8) is 0 Å². The molecule has 2 aromatic rings. The Bertz CT molecular complexity index is 633. The third-order valence-corrected chi connectivity index (χ3v) is 2.73. The van der Waals surface area contributed by atoms with Crippen molar-refractivity contribution < 1.29 is 13.2 Å². The Labute approximate surface area is 120 Å². The molecule has 112 valence electrons. The smallest absolute Gasteiger partial charge is 0.357 e. The van der Waals surface area contributed by atoms with Crippen molar-refractivity contribution in [3.05, 3.63) is 41.1 Å². The van der Waals surface area contributed by atoms with Gasteiger partial charge in [-0.3, -0.25) is 0 Å². The molecule has 0 atom stereocenters. The van der Waals surface area contributed by atoms with Gasteiger partial charge < -0.3 is 10.6 Å². The van der Waals surface area contributed by atoms with Crippen LogP contribution in [-0.2, 0) is 6.18 Å². The molecular formula is C14H15F3N4. The Morgan fingerprint density at radius 2 is 1.57 bits per heavy atom. The maximum Gasteiger partial charge on any atom is 0.433 e. The van der Waals surface area contributed by atoms with Crippen LogP contribution in [0.4, 0.5) is 30.6 Å². The van der Waals surface area contributed by atoms with E-state index < -0.39 is 11.9 Å². The number of alkyl halides is 3. The number of halogens is 3. The van der Waals surface area contributed by atoms with Crippen molar-refractivity contribution in [1.82, 2.24) is 9.97 Å². The molecule has 21 heavy (non-hydrogen) atoms. The van der Waals surface area contributed by atoms with Crippen molar-refractivity contribution in [2.24, 2.45) is 0 Å². The molecule has 4 nitrogen and oxygen atoms in total. The van der Waals surface area contributed by atoms with Crippen LogP contribution >= 0.6 is 0 Å². The highest BCUT2D eigenvalue weighted by Crippen LogP contribution is 2.30. The quantitative estimate of drug-likeness (QED) is 0.902. The summed E-state index contributed by atoms with van der Waals surface area (Å²) in [6, 6.07) is 6.53. The summed E-state index contributed by atoms with van der Waals surface area (Å²) in [7, 11) is 1.47. The number of hydrogen-bond acceptors (Lipinski definition) is 4. The lowest BCUT2D eigenvalue weighted by atomic mass is 10.1. The summed E-state index contributed by atoms with van der Waals surface area (Å²) in [5.41, 5.74) is 1.71. The largest absolute Gasteiger partial charge is 0.433 e. The molecule has 0 aliphatic carbocycles. The van der Waals surface area contributed by atoms with E-state index in [-0.39, 0.29) is 11.8 Å². The summed E-state index contributed by atoms with van der Waals surface area (Å²) in [6.45, 7) is 3.83. The van der Waals surface area contributed by atoms with E-state index in [1.54, 1.807) is 0 Å². The first kappa shape index (κ1) is 15.1. The molecule has 0 aliphatic rings. The van der Waals surface area contributed by atoms with E-state index in [0.29, 0.717) is 5.69 Å². The molecule has 1 aromatic heterocycles. The van der Waals surface area contributed by atoms with Crippen molar-refractivity contribution >= 4 is 17.5 Å². The molecule has 1 heterocycles. The third kappa shape index (κ3) is 3.84. The molecule has 0 bridgehead atoms. The Morgan fingerprint density at radius 3 is 2.10 bits per heavy atom. The SMILES string of the molecule is CNc1nc(Nc2cc(C)cc(C)c2)cc(C(F)(F)F)n1. The van der Waals surface area contributed by atoms with E-state index in [1.807, 2.05) is 32.0 Å². The van der Waals surface area contributed by atoms with E-state index in [2.05, 4.69) is 20.6 Å². The highest BCUT2D eigenvalue weighted by Gasteiger charge is 2.33. The second-order valence-corrected chi connectivity index (χ2v) is 4.71. The number of nitrogens with one attached hydrogen (secondary N) is 2. The molecule has 0 radical (unpaired) electrons. The van der Waals surface area contributed by atoms with Crippen LogP contribution in [0, 0.1) is 13.8 Å². The number of benzene rings is 1. The summed E-state index contributed by atoms with van der Waals surface area (Å²) in [4.78, 5) is 7.40. The van der Waals surface area contributed by atoms with E-state index in [1.165, 1.54) is 7.05 Å². The van der Waals surface area contributed by atoms with Crippen LogP contribution in [0.1, 0.15) is 16.8 Å². The molecule has 2 N–H and O–H groups in total. The second kappa shape index (κ2) is 5.59. The standard InChI is InChI=1S/C14H15F3N4/c1-8-4-9(2)6-10(5-8)19-12-7-11(14(15,16)17)20-13(18-3)21-12/h4-7H,1-3H3,(H2,18,19,20,21). The van der Waals surface area contributed by atoms with Gasteiger partial charge in [-0.15, -0.1) is 0 Å². The Hall–Kier alpha value is -2.31. The molecule has 7 heteroatoms. The molecule has 0 unspecified atom stereocenters. The first-order valence-corrected chi connectivity index (χ1v) is 6.27. The summed E-state index contributed by atoms with van der Waals surface area (Å²) < 4.78 is 38.4. The molecule has 2 rings (SSSR count). The van der Waals surface area contributed by atoms with E-state index in [0.717, 1.165) is 17.2 Å². The Balaban J connectivity index is 2.39. The van der Waals surface area contributed by atoms with Gasteiger partial charge in [0.25, 0.3) is 0 Å². The molecule has 0 saturated heterocycles. The number of aryl methyl sites for hydroxylation is 2. The van der Waals surface area contributed by atoms with Gasteiger partial charge in [-0.25, -0.2) is 4.98 Å². The summed E-state index contributed by atoms with van der Waals surface area (Å²) in [5, 5.41) is 5.41. The highest BCUT2D eigenvalue weighted by atomic mass is 19.4.